The van der Waals surface area contributed by atoms with E-state index < -0.39 is 5.60 Å². The van der Waals surface area contributed by atoms with Gasteiger partial charge in [-0.1, -0.05) is 0 Å². The number of rotatable bonds is 3. The second-order valence-corrected chi connectivity index (χ2v) is 4.38. The zero-order chi connectivity index (χ0) is 11.0. The van der Waals surface area contributed by atoms with E-state index in [1.807, 2.05) is 18.3 Å². The Morgan fingerprint density at radius 1 is 1.44 bits per heavy atom. The lowest BCUT2D eigenvalue weighted by Crippen LogP contribution is -2.43. The van der Waals surface area contributed by atoms with Crippen LogP contribution < -0.4 is 5.32 Å². The fourth-order valence-corrected chi connectivity index (χ4v) is 1.93. The molecule has 5 nitrogen and oxygen atoms in total. The molecule has 3 rings (SSSR count). The van der Waals surface area contributed by atoms with Gasteiger partial charge in [0.25, 0.3) is 0 Å². The predicted molar refractivity (Wildman–Crippen MR) is 60.3 cm³/mol. The Kier molecular flexibility index (Phi) is 2.07. The zero-order valence-corrected chi connectivity index (χ0v) is 8.93. The SMILES string of the molecule is OC1(CNc2ccn3nccc3n2)CCC1. The van der Waals surface area contributed by atoms with Crippen LogP contribution >= 0.6 is 0 Å². The molecule has 2 aromatic heterocycles. The summed E-state index contributed by atoms with van der Waals surface area (Å²) in [4.78, 5) is 4.37. The number of aliphatic hydroxyl groups is 1. The molecule has 16 heavy (non-hydrogen) atoms. The number of aromatic nitrogens is 3. The maximum absolute atomic E-state index is 9.94. The molecule has 0 aromatic carbocycles. The molecule has 0 unspecified atom stereocenters. The van der Waals surface area contributed by atoms with Gasteiger partial charge < -0.3 is 10.4 Å². The Bertz CT molecular complexity index is 503. The van der Waals surface area contributed by atoms with E-state index in [2.05, 4.69) is 15.4 Å². The lowest BCUT2D eigenvalue weighted by molar-refractivity contribution is -0.0202. The second kappa shape index (κ2) is 3.45. The van der Waals surface area contributed by atoms with E-state index >= 15 is 0 Å². The fourth-order valence-electron chi connectivity index (χ4n) is 1.93. The van der Waals surface area contributed by atoms with Crippen molar-refractivity contribution in [1.82, 2.24) is 14.6 Å². The van der Waals surface area contributed by atoms with Crippen LogP contribution in [-0.2, 0) is 0 Å². The Morgan fingerprint density at radius 3 is 3.06 bits per heavy atom. The van der Waals surface area contributed by atoms with Gasteiger partial charge in [-0.25, -0.2) is 9.50 Å². The summed E-state index contributed by atoms with van der Waals surface area (Å²) in [6.45, 7) is 0.574. The molecule has 1 saturated carbocycles. The van der Waals surface area contributed by atoms with Gasteiger partial charge in [0.15, 0.2) is 5.65 Å². The molecule has 1 aliphatic rings. The Hall–Kier alpha value is -1.62. The smallest absolute Gasteiger partial charge is 0.157 e. The summed E-state index contributed by atoms with van der Waals surface area (Å²) in [6, 6.07) is 3.71. The van der Waals surface area contributed by atoms with Crippen molar-refractivity contribution in [3.05, 3.63) is 24.5 Å². The normalized spacial score (nSPS) is 18.3. The van der Waals surface area contributed by atoms with E-state index in [1.165, 1.54) is 0 Å². The topological polar surface area (TPSA) is 62.5 Å². The Balaban J connectivity index is 1.73. The highest BCUT2D eigenvalue weighted by atomic mass is 16.3. The third-order valence-corrected chi connectivity index (χ3v) is 3.14. The average Bonchev–Trinajstić information content (AvgIpc) is 2.70. The monoisotopic (exact) mass is 218 g/mol. The molecular formula is C11H14N4O. The number of nitrogens with zero attached hydrogens (tertiary/aromatic N) is 3. The van der Waals surface area contributed by atoms with E-state index in [4.69, 9.17) is 0 Å². The van der Waals surface area contributed by atoms with Crippen molar-refractivity contribution >= 4 is 11.5 Å². The summed E-state index contributed by atoms with van der Waals surface area (Å²) in [5.41, 5.74) is 0.291. The molecule has 2 aromatic rings. The average molecular weight is 218 g/mol. The van der Waals surface area contributed by atoms with Gasteiger partial charge in [-0.15, -0.1) is 0 Å². The number of anilines is 1. The molecule has 0 bridgehead atoms. The number of fused-ring (bicyclic) bond motifs is 1. The molecule has 0 aliphatic heterocycles. The Labute approximate surface area is 93.1 Å². The first-order chi connectivity index (χ1) is 7.75. The van der Waals surface area contributed by atoms with Gasteiger partial charge in [0, 0.05) is 18.8 Å². The van der Waals surface area contributed by atoms with Crippen LogP contribution in [0.2, 0.25) is 0 Å². The van der Waals surface area contributed by atoms with Crippen molar-refractivity contribution < 1.29 is 5.11 Å². The van der Waals surface area contributed by atoms with Crippen LogP contribution in [0.1, 0.15) is 19.3 Å². The molecule has 2 N–H and O–H groups in total. The number of hydrogen-bond acceptors (Lipinski definition) is 4. The first-order valence-corrected chi connectivity index (χ1v) is 5.52. The van der Waals surface area contributed by atoms with Crippen LogP contribution in [0, 0.1) is 0 Å². The summed E-state index contributed by atoms with van der Waals surface area (Å²) in [7, 11) is 0. The molecule has 0 saturated heterocycles. The van der Waals surface area contributed by atoms with Crippen LogP contribution in [0.5, 0.6) is 0 Å². The first kappa shape index (κ1) is 9.59. The lowest BCUT2D eigenvalue weighted by atomic mass is 9.80. The summed E-state index contributed by atoms with van der Waals surface area (Å²) < 4.78 is 1.71. The second-order valence-electron chi connectivity index (χ2n) is 4.38. The molecular weight excluding hydrogens is 204 g/mol. The van der Waals surface area contributed by atoms with Crippen LogP contribution in [0.3, 0.4) is 0 Å². The number of hydrogen-bond donors (Lipinski definition) is 2. The highest BCUT2D eigenvalue weighted by molar-refractivity contribution is 5.45. The van der Waals surface area contributed by atoms with E-state index in [-0.39, 0.29) is 0 Å². The summed E-state index contributed by atoms with van der Waals surface area (Å²) in [5.74, 6) is 0.785. The van der Waals surface area contributed by atoms with Crippen LogP contribution in [0.25, 0.3) is 5.65 Å². The molecule has 0 amide bonds. The molecule has 84 valence electrons. The van der Waals surface area contributed by atoms with Crippen molar-refractivity contribution in [3.8, 4) is 0 Å². The maximum atomic E-state index is 9.94. The molecule has 0 atom stereocenters. The minimum atomic E-state index is -0.520. The highest BCUT2D eigenvalue weighted by Gasteiger charge is 2.33. The molecule has 1 aliphatic carbocycles. The van der Waals surface area contributed by atoms with E-state index in [0.29, 0.717) is 6.54 Å². The van der Waals surface area contributed by atoms with Crippen LogP contribution in [-0.4, -0.2) is 31.9 Å². The van der Waals surface area contributed by atoms with E-state index in [9.17, 15) is 5.11 Å². The zero-order valence-electron chi connectivity index (χ0n) is 8.93. The van der Waals surface area contributed by atoms with Crippen molar-refractivity contribution in [2.45, 2.75) is 24.9 Å². The predicted octanol–water partition coefficient (Wildman–Crippen LogP) is 1.06. The summed E-state index contributed by atoms with van der Waals surface area (Å²) in [5, 5.41) is 17.2. The van der Waals surface area contributed by atoms with Crippen molar-refractivity contribution in [2.75, 3.05) is 11.9 Å². The van der Waals surface area contributed by atoms with Gasteiger partial charge in [-0.2, -0.15) is 5.10 Å². The maximum Gasteiger partial charge on any atom is 0.157 e. The van der Waals surface area contributed by atoms with Gasteiger partial charge in [0.2, 0.25) is 0 Å². The third-order valence-electron chi connectivity index (χ3n) is 3.14. The third kappa shape index (κ3) is 1.63. The molecule has 5 heteroatoms. The minimum absolute atomic E-state index is 0.520. The first-order valence-electron chi connectivity index (χ1n) is 5.52. The molecule has 2 heterocycles. The fraction of sp³-hybridized carbons (Fsp3) is 0.455. The quantitative estimate of drug-likeness (QED) is 0.808. The van der Waals surface area contributed by atoms with Crippen LogP contribution in [0.15, 0.2) is 24.5 Å². The van der Waals surface area contributed by atoms with Crippen LogP contribution in [0.4, 0.5) is 5.82 Å². The molecule has 0 radical (unpaired) electrons. The molecule has 0 spiro atoms. The van der Waals surface area contributed by atoms with Gasteiger partial charge >= 0.3 is 0 Å². The van der Waals surface area contributed by atoms with Gasteiger partial charge in [0.05, 0.1) is 11.8 Å². The van der Waals surface area contributed by atoms with Crippen molar-refractivity contribution in [3.63, 3.8) is 0 Å². The summed E-state index contributed by atoms with van der Waals surface area (Å²) >= 11 is 0. The lowest BCUT2D eigenvalue weighted by Gasteiger charge is -2.36. The Morgan fingerprint density at radius 2 is 2.31 bits per heavy atom. The minimum Gasteiger partial charge on any atom is -0.388 e. The standard InChI is InChI=1S/C11H14N4O/c16-11(4-1-5-11)8-12-9-3-7-15-10(14-9)2-6-13-15/h2-3,6-7,16H,1,4-5,8H2,(H,12,14). The highest BCUT2D eigenvalue weighted by Crippen LogP contribution is 2.31. The summed E-state index contributed by atoms with van der Waals surface area (Å²) in [6.07, 6.45) is 6.46. The van der Waals surface area contributed by atoms with E-state index in [0.717, 1.165) is 30.7 Å². The van der Waals surface area contributed by atoms with Gasteiger partial charge in [0.1, 0.15) is 5.82 Å². The van der Waals surface area contributed by atoms with Gasteiger partial charge in [-0.05, 0) is 25.3 Å². The van der Waals surface area contributed by atoms with Crippen molar-refractivity contribution in [1.29, 1.82) is 0 Å². The number of nitrogens with one attached hydrogen (secondary N) is 1. The largest absolute Gasteiger partial charge is 0.388 e. The van der Waals surface area contributed by atoms with Gasteiger partial charge in [-0.3, -0.25) is 0 Å². The van der Waals surface area contributed by atoms with E-state index in [1.54, 1.807) is 10.7 Å². The van der Waals surface area contributed by atoms with Crippen molar-refractivity contribution in [2.24, 2.45) is 0 Å². The molecule has 1 fully saturated rings.